The minimum atomic E-state index is -0.567. The second kappa shape index (κ2) is 9.14. The number of aromatic nitrogens is 4. The van der Waals surface area contributed by atoms with Crippen LogP contribution in [-0.4, -0.2) is 38.8 Å². The maximum atomic E-state index is 13.4. The molecule has 2 aromatic heterocycles. The summed E-state index contributed by atoms with van der Waals surface area (Å²) in [6.45, 7) is -0.289. The van der Waals surface area contributed by atoms with Gasteiger partial charge >= 0.3 is 5.69 Å². The first kappa shape index (κ1) is 23.0. The molecule has 0 saturated carbocycles. The first-order chi connectivity index (χ1) is 17.4. The van der Waals surface area contributed by atoms with Crippen LogP contribution in [0.5, 0.6) is 11.5 Å². The lowest BCUT2D eigenvalue weighted by atomic mass is 10.1. The number of carbonyl (C=O) groups is 1. The van der Waals surface area contributed by atoms with E-state index in [1.807, 2.05) is 0 Å². The summed E-state index contributed by atoms with van der Waals surface area (Å²) in [6.07, 6.45) is 0. The number of Topliss-reactive ketones (excluding diaryl/α,β-unsaturated/α-hetero) is 1. The average Bonchev–Trinajstić information content (AvgIpc) is 3.22. The molecule has 3 aromatic carbocycles. The van der Waals surface area contributed by atoms with Crippen molar-refractivity contribution in [3.05, 3.63) is 105 Å². The summed E-state index contributed by atoms with van der Waals surface area (Å²) in [5, 5.41) is 4.68. The summed E-state index contributed by atoms with van der Waals surface area (Å²) in [4.78, 5) is 39.8. The lowest BCUT2D eigenvalue weighted by Gasteiger charge is -2.09. The zero-order chi connectivity index (χ0) is 25.4. The van der Waals surface area contributed by atoms with Crippen LogP contribution in [0.1, 0.15) is 15.9 Å². The molecule has 0 atom stereocenters. The van der Waals surface area contributed by atoms with E-state index in [2.05, 4.69) is 5.10 Å². The number of hydrogen-bond acceptors (Lipinski definition) is 6. The number of para-hydroxylation sites is 1. The lowest BCUT2D eigenvalue weighted by molar-refractivity contribution is 0.0966. The van der Waals surface area contributed by atoms with Crippen LogP contribution in [0.3, 0.4) is 0 Å². The van der Waals surface area contributed by atoms with Crippen LogP contribution in [0.25, 0.3) is 16.7 Å². The first-order valence-corrected chi connectivity index (χ1v) is 11.0. The predicted octanol–water partition coefficient (Wildman–Crippen LogP) is 2.90. The van der Waals surface area contributed by atoms with Gasteiger partial charge in [0, 0.05) is 5.56 Å². The van der Waals surface area contributed by atoms with E-state index in [0.29, 0.717) is 33.5 Å². The van der Waals surface area contributed by atoms with E-state index in [0.717, 1.165) is 4.68 Å². The Morgan fingerprint density at radius 2 is 1.67 bits per heavy atom. The van der Waals surface area contributed by atoms with E-state index in [1.54, 1.807) is 48.5 Å². The van der Waals surface area contributed by atoms with E-state index in [9.17, 15) is 18.8 Å². The van der Waals surface area contributed by atoms with Gasteiger partial charge in [0.05, 0.1) is 31.7 Å². The minimum Gasteiger partial charge on any atom is -0.493 e. The van der Waals surface area contributed by atoms with Crippen molar-refractivity contribution >= 4 is 22.5 Å². The molecule has 0 amide bonds. The van der Waals surface area contributed by atoms with Crippen molar-refractivity contribution in [1.82, 2.24) is 18.7 Å². The number of benzene rings is 3. The molecule has 0 fully saturated rings. The molecule has 0 N–H and O–H groups in total. The topological polar surface area (TPSA) is 96.8 Å². The largest absolute Gasteiger partial charge is 0.493 e. The summed E-state index contributed by atoms with van der Waals surface area (Å²) in [5.74, 6) is 0.148. The highest BCUT2D eigenvalue weighted by Gasteiger charge is 2.20. The van der Waals surface area contributed by atoms with Crippen molar-refractivity contribution < 1.29 is 18.7 Å². The molecule has 0 unspecified atom stereocenters. The zero-order valence-electron chi connectivity index (χ0n) is 19.5. The SMILES string of the molecule is COc1ccc(C(=O)Cn2nc3n(Cc4ccc(F)cc4)c(=O)c4ccccc4n3c2=O)cc1OC. The summed E-state index contributed by atoms with van der Waals surface area (Å²) >= 11 is 0. The number of hydrogen-bond donors (Lipinski definition) is 0. The fourth-order valence-electron chi connectivity index (χ4n) is 4.12. The number of ether oxygens (including phenoxy) is 2. The van der Waals surface area contributed by atoms with Crippen LogP contribution >= 0.6 is 0 Å². The summed E-state index contributed by atoms with van der Waals surface area (Å²) in [6, 6.07) is 17.1. The molecule has 0 radical (unpaired) electrons. The Morgan fingerprint density at radius 3 is 2.39 bits per heavy atom. The third-order valence-corrected chi connectivity index (χ3v) is 5.94. The smallest absolute Gasteiger partial charge is 0.352 e. The molecular weight excluding hydrogens is 467 g/mol. The molecule has 0 bridgehead atoms. The first-order valence-electron chi connectivity index (χ1n) is 11.0. The van der Waals surface area contributed by atoms with Gasteiger partial charge in [0.25, 0.3) is 5.56 Å². The van der Waals surface area contributed by atoms with Gasteiger partial charge in [-0.15, -0.1) is 5.10 Å². The van der Waals surface area contributed by atoms with Gasteiger partial charge in [0.2, 0.25) is 5.78 Å². The van der Waals surface area contributed by atoms with Gasteiger partial charge in [0.15, 0.2) is 17.3 Å². The van der Waals surface area contributed by atoms with Gasteiger partial charge in [-0.1, -0.05) is 24.3 Å². The zero-order valence-corrected chi connectivity index (χ0v) is 19.5. The van der Waals surface area contributed by atoms with Crippen molar-refractivity contribution in [2.45, 2.75) is 13.1 Å². The molecule has 5 rings (SSSR count). The number of methoxy groups -OCH3 is 2. The number of nitrogens with zero attached hydrogens (tertiary/aromatic N) is 4. The van der Waals surface area contributed by atoms with Crippen molar-refractivity contribution in [3.63, 3.8) is 0 Å². The molecule has 0 aliphatic carbocycles. The maximum Gasteiger partial charge on any atom is 0.352 e. The Kier molecular flexibility index (Phi) is 5.85. The van der Waals surface area contributed by atoms with Gasteiger partial charge in [-0.05, 0) is 48.0 Å². The summed E-state index contributed by atoms with van der Waals surface area (Å²) in [5.41, 5.74) is 0.417. The minimum absolute atomic E-state index is 0.0630. The predicted molar refractivity (Wildman–Crippen MR) is 131 cm³/mol. The van der Waals surface area contributed by atoms with Crippen molar-refractivity contribution in [2.75, 3.05) is 14.2 Å². The Hall–Kier alpha value is -4.73. The molecule has 9 nitrogen and oxygen atoms in total. The molecule has 0 spiro atoms. The van der Waals surface area contributed by atoms with E-state index in [-0.39, 0.29) is 30.2 Å². The Morgan fingerprint density at radius 1 is 0.944 bits per heavy atom. The van der Waals surface area contributed by atoms with E-state index in [1.165, 1.54) is 41.4 Å². The molecule has 0 saturated heterocycles. The number of halogens is 1. The lowest BCUT2D eigenvalue weighted by Crippen LogP contribution is -2.27. The van der Waals surface area contributed by atoms with Gasteiger partial charge in [-0.25, -0.2) is 18.3 Å². The summed E-state index contributed by atoms with van der Waals surface area (Å²) in [7, 11) is 2.95. The normalized spacial score (nSPS) is 11.2. The molecule has 2 heterocycles. The monoisotopic (exact) mass is 488 g/mol. The van der Waals surface area contributed by atoms with Crippen LogP contribution < -0.4 is 20.7 Å². The standard InChI is InChI=1S/C26H21FN4O5/c1-35-22-12-9-17(13-23(22)36-2)21(32)15-30-26(34)31-20-6-4-3-5-19(20)24(33)29(25(31)28-30)14-16-7-10-18(27)11-8-16/h3-13H,14-15H2,1-2H3. The van der Waals surface area contributed by atoms with Crippen LogP contribution in [0.15, 0.2) is 76.3 Å². The highest BCUT2D eigenvalue weighted by Crippen LogP contribution is 2.27. The molecule has 10 heteroatoms. The molecule has 182 valence electrons. The van der Waals surface area contributed by atoms with Crippen LogP contribution in [0.4, 0.5) is 4.39 Å². The van der Waals surface area contributed by atoms with Gasteiger partial charge in [-0.3, -0.25) is 14.2 Å². The van der Waals surface area contributed by atoms with Crippen molar-refractivity contribution in [2.24, 2.45) is 0 Å². The third kappa shape index (κ3) is 3.92. The molecule has 36 heavy (non-hydrogen) atoms. The van der Waals surface area contributed by atoms with E-state index < -0.39 is 11.5 Å². The number of rotatable bonds is 7. The van der Waals surface area contributed by atoms with Crippen LogP contribution in [0.2, 0.25) is 0 Å². The quantitative estimate of drug-likeness (QED) is 0.327. The van der Waals surface area contributed by atoms with Crippen molar-refractivity contribution in [3.8, 4) is 11.5 Å². The second-order valence-corrected chi connectivity index (χ2v) is 8.10. The second-order valence-electron chi connectivity index (χ2n) is 8.10. The fraction of sp³-hybridized carbons (Fsp3) is 0.154. The average molecular weight is 488 g/mol. The Bertz CT molecular complexity index is 1730. The molecule has 0 aliphatic heterocycles. The number of fused-ring (bicyclic) bond motifs is 3. The molecule has 5 aromatic rings. The molecule has 0 aliphatic rings. The number of ketones is 1. The van der Waals surface area contributed by atoms with E-state index in [4.69, 9.17) is 9.47 Å². The van der Waals surface area contributed by atoms with Crippen molar-refractivity contribution in [1.29, 1.82) is 0 Å². The Balaban J connectivity index is 1.63. The Labute approximate surface area is 203 Å². The number of carbonyl (C=O) groups excluding carboxylic acids is 1. The fourth-order valence-corrected chi connectivity index (χ4v) is 4.12. The van der Waals surface area contributed by atoms with Crippen LogP contribution in [0, 0.1) is 5.82 Å². The van der Waals surface area contributed by atoms with Crippen LogP contribution in [-0.2, 0) is 13.1 Å². The highest BCUT2D eigenvalue weighted by molar-refractivity contribution is 5.96. The third-order valence-electron chi connectivity index (χ3n) is 5.94. The van der Waals surface area contributed by atoms with Gasteiger partial charge < -0.3 is 9.47 Å². The highest BCUT2D eigenvalue weighted by atomic mass is 19.1. The van der Waals surface area contributed by atoms with Gasteiger partial charge in [-0.2, -0.15) is 0 Å². The van der Waals surface area contributed by atoms with E-state index >= 15 is 0 Å². The van der Waals surface area contributed by atoms with Gasteiger partial charge in [0.1, 0.15) is 12.4 Å². The summed E-state index contributed by atoms with van der Waals surface area (Å²) < 4.78 is 27.5. The maximum absolute atomic E-state index is 13.4. The molecular formula is C26H21FN4O5.